The molecule has 5 heteroatoms. The van der Waals surface area contributed by atoms with Gasteiger partial charge in [0, 0.05) is 0 Å². The van der Waals surface area contributed by atoms with Gasteiger partial charge >= 0.3 is 0 Å². The van der Waals surface area contributed by atoms with E-state index in [1.165, 1.54) is 6.20 Å². The Labute approximate surface area is 104 Å². The fraction of sp³-hybridized carbons (Fsp3) is 0.385. The van der Waals surface area contributed by atoms with Crippen molar-refractivity contribution in [2.24, 2.45) is 0 Å². The van der Waals surface area contributed by atoms with Crippen LogP contribution in [0.25, 0.3) is 11.0 Å². The number of rotatable bonds is 2. The van der Waals surface area contributed by atoms with E-state index in [9.17, 15) is 4.79 Å². The van der Waals surface area contributed by atoms with Crippen LogP contribution in [0.15, 0.2) is 29.2 Å². The van der Waals surface area contributed by atoms with Crippen LogP contribution in [0.4, 0.5) is 0 Å². The Morgan fingerprint density at radius 1 is 1.39 bits per heavy atom. The molecule has 0 amide bonds. The number of benzene rings is 1. The maximum atomic E-state index is 11.9. The zero-order valence-corrected chi connectivity index (χ0v) is 10.1. The molecule has 18 heavy (non-hydrogen) atoms. The lowest BCUT2D eigenvalue weighted by molar-refractivity contribution is -0.0523. The molecule has 1 aromatic carbocycles. The van der Waals surface area contributed by atoms with Crippen LogP contribution >= 0.6 is 0 Å². The predicted molar refractivity (Wildman–Crippen MR) is 66.4 cm³/mol. The topological polar surface area (TPSA) is 53.4 Å². The third-order valence-corrected chi connectivity index (χ3v) is 3.02. The van der Waals surface area contributed by atoms with Crippen molar-refractivity contribution in [1.82, 2.24) is 9.55 Å². The number of hydrogen-bond donors (Lipinski definition) is 0. The maximum absolute atomic E-state index is 11.9. The van der Waals surface area contributed by atoms with Crippen molar-refractivity contribution in [3.8, 4) is 0 Å². The average molecular weight is 246 g/mol. The van der Waals surface area contributed by atoms with E-state index in [1.54, 1.807) is 4.57 Å². The minimum absolute atomic E-state index is 0.132. The van der Waals surface area contributed by atoms with Crippen LogP contribution in [0.3, 0.4) is 0 Å². The van der Waals surface area contributed by atoms with Crippen LogP contribution < -0.4 is 5.56 Å². The van der Waals surface area contributed by atoms with E-state index in [4.69, 9.17) is 9.47 Å². The van der Waals surface area contributed by atoms with Crippen LogP contribution in [0, 0.1) is 6.92 Å². The lowest BCUT2D eigenvalue weighted by atomic mass is 10.2. The Kier molecular flexibility index (Phi) is 2.85. The van der Waals surface area contributed by atoms with Crippen molar-refractivity contribution < 1.29 is 9.47 Å². The second-order valence-corrected chi connectivity index (χ2v) is 4.37. The summed E-state index contributed by atoms with van der Waals surface area (Å²) in [4.78, 5) is 16.1. The highest BCUT2D eigenvalue weighted by atomic mass is 16.7. The summed E-state index contributed by atoms with van der Waals surface area (Å²) >= 11 is 0. The number of ether oxygens (including phenoxy) is 2. The van der Waals surface area contributed by atoms with Crippen LogP contribution in [-0.4, -0.2) is 29.1 Å². The van der Waals surface area contributed by atoms with Crippen molar-refractivity contribution in [2.45, 2.75) is 19.8 Å². The molecular weight excluding hydrogens is 232 g/mol. The Balaban J connectivity index is 2.10. The van der Waals surface area contributed by atoms with Crippen LogP contribution in [0.1, 0.15) is 5.56 Å². The normalized spacial score (nSPS) is 16.5. The maximum Gasteiger partial charge on any atom is 0.269 e. The lowest BCUT2D eigenvalue weighted by Gasteiger charge is -2.13. The highest BCUT2D eigenvalue weighted by Crippen LogP contribution is 2.14. The van der Waals surface area contributed by atoms with Gasteiger partial charge in [0.1, 0.15) is 0 Å². The van der Waals surface area contributed by atoms with Crippen molar-refractivity contribution in [3.63, 3.8) is 0 Å². The fourth-order valence-electron chi connectivity index (χ4n) is 2.12. The minimum atomic E-state index is -0.339. The minimum Gasteiger partial charge on any atom is -0.348 e. The SMILES string of the molecule is Cc1ccc2ncc(=O)n(CC3OCCO3)c2c1. The highest BCUT2D eigenvalue weighted by molar-refractivity contribution is 5.75. The molecule has 0 N–H and O–H groups in total. The van der Waals surface area contributed by atoms with Gasteiger partial charge in [0.15, 0.2) is 6.29 Å². The largest absolute Gasteiger partial charge is 0.348 e. The molecule has 0 saturated carbocycles. The van der Waals surface area contributed by atoms with Gasteiger partial charge in [0.05, 0.1) is 37.0 Å². The molecule has 0 spiro atoms. The van der Waals surface area contributed by atoms with E-state index in [1.807, 2.05) is 25.1 Å². The zero-order chi connectivity index (χ0) is 12.5. The van der Waals surface area contributed by atoms with Crippen molar-refractivity contribution in [1.29, 1.82) is 0 Å². The summed E-state index contributed by atoms with van der Waals surface area (Å²) < 4.78 is 12.4. The van der Waals surface area contributed by atoms with Gasteiger partial charge in [0.2, 0.25) is 0 Å². The molecule has 2 aromatic rings. The Bertz CT molecular complexity index is 630. The molecule has 0 radical (unpaired) electrons. The second-order valence-electron chi connectivity index (χ2n) is 4.37. The van der Waals surface area contributed by atoms with Gasteiger partial charge < -0.3 is 14.0 Å². The third kappa shape index (κ3) is 2.02. The molecule has 1 aliphatic heterocycles. The molecule has 1 aliphatic rings. The molecule has 0 unspecified atom stereocenters. The molecule has 0 bridgehead atoms. The number of aryl methyl sites for hydroxylation is 1. The first kappa shape index (κ1) is 11.4. The average Bonchev–Trinajstić information content (AvgIpc) is 2.86. The van der Waals surface area contributed by atoms with Gasteiger partial charge in [-0.25, -0.2) is 4.98 Å². The van der Waals surface area contributed by atoms with E-state index in [-0.39, 0.29) is 11.8 Å². The Morgan fingerprint density at radius 2 is 2.17 bits per heavy atom. The highest BCUT2D eigenvalue weighted by Gasteiger charge is 2.18. The molecule has 0 aliphatic carbocycles. The summed E-state index contributed by atoms with van der Waals surface area (Å²) in [6.45, 7) is 3.56. The summed E-state index contributed by atoms with van der Waals surface area (Å²) in [6.07, 6.45) is 1.00. The summed E-state index contributed by atoms with van der Waals surface area (Å²) in [6, 6.07) is 5.85. The first-order valence-corrected chi connectivity index (χ1v) is 5.93. The number of hydrogen-bond acceptors (Lipinski definition) is 4. The smallest absolute Gasteiger partial charge is 0.269 e. The monoisotopic (exact) mass is 246 g/mol. The van der Waals surface area contributed by atoms with Gasteiger partial charge in [0.25, 0.3) is 5.56 Å². The third-order valence-electron chi connectivity index (χ3n) is 3.02. The molecular formula is C13H14N2O3. The van der Waals surface area contributed by atoms with Crippen LogP contribution in [0.5, 0.6) is 0 Å². The van der Waals surface area contributed by atoms with Gasteiger partial charge in [-0.3, -0.25) is 4.79 Å². The summed E-state index contributed by atoms with van der Waals surface area (Å²) in [5, 5.41) is 0. The molecule has 3 rings (SSSR count). The molecule has 0 atom stereocenters. The molecule has 2 heterocycles. The van der Waals surface area contributed by atoms with E-state index >= 15 is 0 Å². The van der Waals surface area contributed by atoms with Crippen LogP contribution in [-0.2, 0) is 16.0 Å². The second kappa shape index (κ2) is 4.51. The van der Waals surface area contributed by atoms with Gasteiger partial charge in [-0.2, -0.15) is 0 Å². The van der Waals surface area contributed by atoms with E-state index in [0.717, 1.165) is 16.6 Å². The molecule has 1 saturated heterocycles. The number of nitrogens with zero attached hydrogens (tertiary/aromatic N) is 2. The van der Waals surface area contributed by atoms with E-state index < -0.39 is 0 Å². The summed E-state index contributed by atoms with van der Waals surface area (Å²) in [7, 11) is 0. The summed E-state index contributed by atoms with van der Waals surface area (Å²) in [5.74, 6) is 0. The summed E-state index contributed by atoms with van der Waals surface area (Å²) in [5.41, 5.74) is 2.59. The molecule has 94 valence electrons. The van der Waals surface area contributed by atoms with Crippen molar-refractivity contribution in [3.05, 3.63) is 40.3 Å². The fourth-order valence-corrected chi connectivity index (χ4v) is 2.12. The van der Waals surface area contributed by atoms with Crippen molar-refractivity contribution in [2.75, 3.05) is 13.2 Å². The molecule has 1 fully saturated rings. The predicted octanol–water partition coefficient (Wildman–Crippen LogP) is 1.08. The number of fused-ring (bicyclic) bond motifs is 1. The first-order valence-electron chi connectivity index (χ1n) is 5.93. The van der Waals surface area contributed by atoms with Gasteiger partial charge in [-0.1, -0.05) is 6.07 Å². The van der Waals surface area contributed by atoms with Crippen molar-refractivity contribution >= 4 is 11.0 Å². The standard InChI is InChI=1S/C13H14N2O3/c1-9-2-3-10-11(6-9)15(12(16)7-14-10)8-13-17-4-5-18-13/h2-3,6-7,13H,4-5,8H2,1H3. The molecule has 5 nitrogen and oxygen atoms in total. The lowest BCUT2D eigenvalue weighted by Crippen LogP contribution is -2.27. The van der Waals surface area contributed by atoms with E-state index in [2.05, 4.69) is 4.98 Å². The van der Waals surface area contributed by atoms with Crippen LogP contribution in [0.2, 0.25) is 0 Å². The van der Waals surface area contributed by atoms with E-state index in [0.29, 0.717) is 19.8 Å². The zero-order valence-electron chi connectivity index (χ0n) is 10.1. The van der Waals surface area contributed by atoms with Gasteiger partial charge in [-0.05, 0) is 24.6 Å². The Hall–Kier alpha value is -1.72. The Morgan fingerprint density at radius 3 is 2.94 bits per heavy atom. The first-order chi connectivity index (χ1) is 8.74. The number of aromatic nitrogens is 2. The quantitative estimate of drug-likeness (QED) is 0.795. The van der Waals surface area contributed by atoms with Gasteiger partial charge in [-0.15, -0.1) is 0 Å². The molecule has 1 aromatic heterocycles.